The van der Waals surface area contributed by atoms with Crippen LogP contribution in [0.1, 0.15) is 24.8 Å². The van der Waals surface area contributed by atoms with E-state index in [0.29, 0.717) is 18.5 Å². The van der Waals surface area contributed by atoms with Gasteiger partial charge in [-0.2, -0.15) is 0 Å². The maximum Gasteiger partial charge on any atom is 0.0606 e. The molecule has 2 rings (SSSR count). The van der Waals surface area contributed by atoms with Gasteiger partial charge in [0, 0.05) is 31.1 Å². The van der Waals surface area contributed by atoms with Crippen molar-refractivity contribution >= 4 is 5.69 Å². The highest BCUT2D eigenvalue weighted by Crippen LogP contribution is 2.20. The number of hydrogen-bond acceptors (Lipinski definition) is 4. The van der Waals surface area contributed by atoms with E-state index in [4.69, 9.17) is 10.5 Å². The first-order chi connectivity index (χ1) is 7.75. The lowest BCUT2D eigenvalue weighted by Crippen LogP contribution is -2.19. The number of aromatic nitrogens is 1. The molecular formula is C12H18N2O2. The van der Waals surface area contributed by atoms with Crippen LogP contribution in [0.15, 0.2) is 18.5 Å². The van der Waals surface area contributed by atoms with E-state index in [0.717, 1.165) is 25.0 Å². The summed E-state index contributed by atoms with van der Waals surface area (Å²) in [5, 5.41) is 9.92. The number of nitrogens with zero attached hydrogens (tertiary/aromatic N) is 1. The number of rotatable bonds is 4. The van der Waals surface area contributed by atoms with Crippen molar-refractivity contribution < 1.29 is 9.84 Å². The van der Waals surface area contributed by atoms with E-state index in [1.165, 1.54) is 0 Å². The Bertz CT molecular complexity index is 338. The molecule has 88 valence electrons. The van der Waals surface area contributed by atoms with Gasteiger partial charge in [0.1, 0.15) is 0 Å². The summed E-state index contributed by atoms with van der Waals surface area (Å²) < 4.78 is 5.48. The van der Waals surface area contributed by atoms with Crippen LogP contribution in [0.4, 0.5) is 5.69 Å². The fourth-order valence-corrected chi connectivity index (χ4v) is 2.08. The van der Waals surface area contributed by atoms with Crippen molar-refractivity contribution in [1.82, 2.24) is 4.98 Å². The summed E-state index contributed by atoms with van der Waals surface area (Å²) in [6.07, 6.45) is 6.60. The van der Waals surface area contributed by atoms with Gasteiger partial charge in [0.25, 0.3) is 0 Å². The SMILES string of the molecule is Nc1ccncc1CC(O)CC1CCCO1. The van der Waals surface area contributed by atoms with Crippen LogP contribution in [0.3, 0.4) is 0 Å². The van der Waals surface area contributed by atoms with Gasteiger partial charge in [-0.25, -0.2) is 0 Å². The molecule has 1 fully saturated rings. The van der Waals surface area contributed by atoms with Crippen LogP contribution in [0.2, 0.25) is 0 Å². The van der Waals surface area contributed by atoms with Crippen molar-refractivity contribution in [3.8, 4) is 0 Å². The summed E-state index contributed by atoms with van der Waals surface area (Å²) in [7, 11) is 0. The lowest BCUT2D eigenvalue weighted by atomic mass is 10.0. The minimum atomic E-state index is -0.394. The largest absolute Gasteiger partial charge is 0.398 e. The Labute approximate surface area is 95.4 Å². The number of nitrogens with two attached hydrogens (primary N) is 1. The number of pyridine rings is 1. The monoisotopic (exact) mass is 222 g/mol. The predicted octanol–water partition coefficient (Wildman–Crippen LogP) is 1.14. The van der Waals surface area contributed by atoms with Gasteiger partial charge in [-0.05, 0) is 30.9 Å². The third kappa shape index (κ3) is 2.93. The van der Waals surface area contributed by atoms with Crippen molar-refractivity contribution in [2.45, 2.75) is 37.9 Å². The summed E-state index contributed by atoms with van der Waals surface area (Å²) in [5.74, 6) is 0. The van der Waals surface area contributed by atoms with Crippen LogP contribution < -0.4 is 5.73 Å². The second-order valence-corrected chi connectivity index (χ2v) is 4.30. The van der Waals surface area contributed by atoms with Gasteiger partial charge in [0.2, 0.25) is 0 Å². The van der Waals surface area contributed by atoms with E-state index in [-0.39, 0.29) is 6.10 Å². The standard InChI is InChI=1S/C12H18N2O2/c13-12-3-4-14-8-9(12)6-10(15)7-11-2-1-5-16-11/h3-4,8,10-11,15H,1-2,5-7H2,(H2,13,14). The van der Waals surface area contributed by atoms with Crippen molar-refractivity contribution in [1.29, 1.82) is 0 Å². The zero-order chi connectivity index (χ0) is 11.4. The molecule has 2 unspecified atom stereocenters. The number of nitrogen functional groups attached to an aromatic ring is 1. The number of ether oxygens (including phenoxy) is 1. The smallest absolute Gasteiger partial charge is 0.0606 e. The number of aliphatic hydroxyl groups is 1. The highest BCUT2D eigenvalue weighted by molar-refractivity contribution is 5.44. The fraction of sp³-hybridized carbons (Fsp3) is 0.583. The van der Waals surface area contributed by atoms with E-state index in [9.17, 15) is 5.11 Å². The molecule has 1 aromatic heterocycles. The molecule has 0 spiro atoms. The van der Waals surface area contributed by atoms with Crippen molar-refractivity contribution in [2.24, 2.45) is 0 Å². The van der Waals surface area contributed by atoms with Crippen LogP contribution in [0, 0.1) is 0 Å². The van der Waals surface area contributed by atoms with E-state index < -0.39 is 6.10 Å². The lowest BCUT2D eigenvalue weighted by molar-refractivity contribution is 0.0541. The second kappa shape index (κ2) is 5.27. The predicted molar refractivity (Wildman–Crippen MR) is 62.0 cm³/mol. The molecule has 1 aliphatic rings. The van der Waals surface area contributed by atoms with Crippen molar-refractivity contribution in [3.05, 3.63) is 24.0 Å². The van der Waals surface area contributed by atoms with Gasteiger partial charge in [-0.15, -0.1) is 0 Å². The maximum atomic E-state index is 9.92. The summed E-state index contributed by atoms with van der Waals surface area (Å²) in [6.45, 7) is 0.826. The second-order valence-electron chi connectivity index (χ2n) is 4.30. The Morgan fingerprint density at radius 1 is 1.62 bits per heavy atom. The molecule has 4 heteroatoms. The first-order valence-electron chi connectivity index (χ1n) is 5.73. The Morgan fingerprint density at radius 2 is 2.50 bits per heavy atom. The van der Waals surface area contributed by atoms with E-state index in [1.807, 2.05) is 0 Å². The Balaban J connectivity index is 1.86. The Kier molecular flexibility index (Phi) is 3.74. The molecule has 1 aromatic rings. The first-order valence-corrected chi connectivity index (χ1v) is 5.73. The topological polar surface area (TPSA) is 68.4 Å². The Morgan fingerprint density at radius 3 is 3.19 bits per heavy atom. The maximum absolute atomic E-state index is 9.92. The summed E-state index contributed by atoms with van der Waals surface area (Å²) in [6, 6.07) is 1.76. The molecule has 0 aromatic carbocycles. The number of anilines is 1. The van der Waals surface area contributed by atoms with Crippen LogP contribution in [-0.4, -0.2) is 28.9 Å². The van der Waals surface area contributed by atoms with Crippen LogP contribution in [0.5, 0.6) is 0 Å². The average Bonchev–Trinajstić information content (AvgIpc) is 2.74. The number of aliphatic hydroxyl groups excluding tert-OH is 1. The third-order valence-electron chi connectivity index (χ3n) is 2.96. The molecule has 4 nitrogen and oxygen atoms in total. The summed E-state index contributed by atoms with van der Waals surface area (Å²) in [4.78, 5) is 4.01. The molecule has 3 N–H and O–H groups in total. The average molecular weight is 222 g/mol. The molecule has 0 radical (unpaired) electrons. The van der Waals surface area contributed by atoms with Gasteiger partial charge < -0.3 is 15.6 Å². The van der Waals surface area contributed by atoms with Crippen LogP contribution >= 0.6 is 0 Å². The molecule has 0 bridgehead atoms. The van der Waals surface area contributed by atoms with E-state index in [2.05, 4.69) is 4.98 Å². The van der Waals surface area contributed by atoms with Crippen molar-refractivity contribution in [3.63, 3.8) is 0 Å². The van der Waals surface area contributed by atoms with Gasteiger partial charge >= 0.3 is 0 Å². The summed E-state index contributed by atoms with van der Waals surface area (Å²) in [5.41, 5.74) is 7.40. The zero-order valence-electron chi connectivity index (χ0n) is 9.30. The lowest BCUT2D eigenvalue weighted by Gasteiger charge is -2.15. The quantitative estimate of drug-likeness (QED) is 0.801. The molecule has 2 heterocycles. The van der Waals surface area contributed by atoms with Crippen molar-refractivity contribution in [2.75, 3.05) is 12.3 Å². The molecule has 0 aliphatic carbocycles. The van der Waals surface area contributed by atoms with Crippen LogP contribution in [0.25, 0.3) is 0 Å². The zero-order valence-corrected chi connectivity index (χ0v) is 9.30. The molecule has 0 saturated carbocycles. The third-order valence-corrected chi connectivity index (χ3v) is 2.96. The Hall–Kier alpha value is -1.13. The highest BCUT2D eigenvalue weighted by Gasteiger charge is 2.20. The molecule has 1 saturated heterocycles. The molecular weight excluding hydrogens is 204 g/mol. The normalized spacial score (nSPS) is 22.2. The highest BCUT2D eigenvalue weighted by atomic mass is 16.5. The number of hydrogen-bond donors (Lipinski definition) is 2. The van der Waals surface area contributed by atoms with Crippen LogP contribution in [-0.2, 0) is 11.2 Å². The van der Waals surface area contributed by atoms with E-state index >= 15 is 0 Å². The molecule has 2 atom stereocenters. The minimum Gasteiger partial charge on any atom is -0.398 e. The minimum absolute atomic E-state index is 0.216. The molecule has 1 aliphatic heterocycles. The summed E-state index contributed by atoms with van der Waals surface area (Å²) >= 11 is 0. The van der Waals surface area contributed by atoms with Gasteiger partial charge in [-0.3, -0.25) is 4.98 Å². The fourth-order valence-electron chi connectivity index (χ4n) is 2.08. The van der Waals surface area contributed by atoms with Gasteiger partial charge in [0.15, 0.2) is 0 Å². The molecule has 16 heavy (non-hydrogen) atoms. The first kappa shape index (κ1) is 11.4. The molecule has 0 amide bonds. The van der Waals surface area contributed by atoms with Gasteiger partial charge in [0.05, 0.1) is 12.2 Å². The van der Waals surface area contributed by atoms with E-state index in [1.54, 1.807) is 18.5 Å². The van der Waals surface area contributed by atoms with Gasteiger partial charge in [-0.1, -0.05) is 0 Å².